The molecule has 0 fully saturated rings. The zero-order valence-electron chi connectivity index (χ0n) is 12.5. The molecule has 0 aliphatic heterocycles. The maximum atomic E-state index is 11.7. The number of nitrogens with one attached hydrogen (secondary N) is 4. The van der Waals surface area contributed by atoms with E-state index in [1.54, 1.807) is 0 Å². The summed E-state index contributed by atoms with van der Waals surface area (Å²) >= 11 is 0. The standard InChI is InChI=1S/C15H27N5O/c16-6-7-17-8-9-18-10-11-19-12-13-20-15(21)14-4-2-1-3-5-14/h1-5,17-19H,6-13,16H2,(H,20,21). The number of rotatable bonds is 12. The van der Waals surface area contributed by atoms with Gasteiger partial charge in [0.2, 0.25) is 0 Å². The van der Waals surface area contributed by atoms with Gasteiger partial charge in [-0.05, 0) is 12.1 Å². The lowest BCUT2D eigenvalue weighted by molar-refractivity contribution is 0.0954. The van der Waals surface area contributed by atoms with Crippen molar-refractivity contribution in [1.82, 2.24) is 21.3 Å². The van der Waals surface area contributed by atoms with Crippen LogP contribution in [0.15, 0.2) is 30.3 Å². The van der Waals surface area contributed by atoms with Crippen molar-refractivity contribution >= 4 is 5.91 Å². The van der Waals surface area contributed by atoms with Crippen LogP contribution in [0.4, 0.5) is 0 Å². The molecule has 0 aliphatic carbocycles. The molecule has 6 heteroatoms. The van der Waals surface area contributed by atoms with E-state index in [0.29, 0.717) is 18.7 Å². The Morgan fingerprint density at radius 2 is 1.33 bits per heavy atom. The van der Waals surface area contributed by atoms with Crippen LogP contribution >= 0.6 is 0 Å². The highest BCUT2D eigenvalue weighted by Crippen LogP contribution is 1.96. The third kappa shape index (κ3) is 9.14. The van der Waals surface area contributed by atoms with E-state index in [0.717, 1.165) is 39.3 Å². The molecule has 0 unspecified atom stereocenters. The number of carbonyl (C=O) groups excluding carboxylic acids is 1. The maximum absolute atomic E-state index is 11.7. The first-order valence-electron chi connectivity index (χ1n) is 7.50. The van der Waals surface area contributed by atoms with Crippen molar-refractivity contribution in [3.8, 4) is 0 Å². The third-order valence-electron chi connectivity index (χ3n) is 2.90. The minimum Gasteiger partial charge on any atom is -0.351 e. The molecule has 21 heavy (non-hydrogen) atoms. The highest BCUT2D eigenvalue weighted by Gasteiger charge is 2.02. The van der Waals surface area contributed by atoms with Crippen molar-refractivity contribution in [2.24, 2.45) is 5.73 Å². The molecule has 0 radical (unpaired) electrons. The molecule has 0 aliphatic rings. The van der Waals surface area contributed by atoms with Gasteiger partial charge in [-0.1, -0.05) is 18.2 Å². The molecule has 6 nitrogen and oxygen atoms in total. The predicted octanol–water partition coefficient (Wildman–Crippen LogP) is -0.856. The largest absolute Gasteiger partial charge is 0.351 e. The van der Waals surface area contributed by atoms with Crippen LogP contribution in [0.3, 0.4) is 0 Å². The van der Waals surface area contributed by atoms with Crippen molar-refractivity contribution in [3.63, 3.8) is 0 Å². The van der Waals surface area contributed by atoms with Crippen molar-refractivity contribution in [2.45, 2.75) is 0 Å². The van der Waals surface area contributed by atoms with Crippen LogP contribution in [0, 0.1) is 0 Å². The van der Waals surface area contributed by atoms with Gasteiger partial charge in [-0.3, -0.25) is 4.79 Å². The lowest BCUT2D eigenvalue weighted by atomic mass is 10.2. The summed E-state index contributed by atoms with van der Waals surface area (Å²) in [4.78, 5) is 11.7. The highest BCUT2D eigenvalue weighted by molar-refractivity contribution is 5.94. The average Bonchev–Trinajstić information content (AvgIpc) is 2.53. The minimum absolute atomic E-state index is 0.0264. The van der Waals surface area contributed by atoms with E-state index in [4.69, 9.17) is 5.73 Å². The Balaban J connectivity index is 1.88. The number of carbonyl (C=O) groups is 1. The topological polar surface area (TPSA) is 91.2 Å². The average molecular weight is 293 g/mol. The smallest absolute Gasteiger partial charge is 0.251 e. The molecule has 1 aromatic rings. The van der Waals surface area contributed by atoms with Crippen LogP contribution in [-0.2, 0) is 0 Å². The first-order valence-corrected chi connectivity index (χ1v) is 7.50. The van der Waals surface area contributed by atoms with Gasteiger partial charge in [-0.15, -0.1) is 0 Å². The fourth-order valence-electron chi connectivity index (χ4n) is 1.79. The van der Waals surface area contributed by atoms with Crippen molar-refractivity contribution in [1.29, 1.82) is 0 Å². The van der Waals surface area contributed by atoms with Gasteiger partial charge in [-0.2, -0.15) is 0 Å². The van der Waals surface area contributed by atoms with Gasteiger partial charge in [0.05, 0.1) is 0 Å². The second kappa shape index (κ2) is 12.3. The molecule has 0 saturated heterocycles. The molecular formula is C15H27N5O. The number of benzene rings is 1. The molecule has 0 heterocycles. The Hall–Kier alpha value is -1.47. The number of hydrogen-bond acceptors (Lipinski definition) is 5. The van der Waals surface area contributed by atoms with Gasteiger partial charge >= 0.3 is 0 Å². The van der Waals surface area contributed by atoms with Gasteiger partial charge < -0.3 is 27.0 Å². The van der Waals surface area contributed by atoms with Crippen molar-refractivity contribution in [3.05, 3.63) is 35.9 Å². The molecule has 6 N–H and O–H groups in total. The second-order valence-electron chi connectivity index (χ2n) is 4.66. The molecule has 0 spiro atoms. The summed E-state index contributed by atoms with van der Waals surface area (Å²) in [6.07, 6.45) is 0. The normalized spacial score (nSPS) is 10.5. The number of amides is 1. The van der Waals surface area contributed by atoms with E-state index in [2.05, 4.69) is 21.3 Å². The van der Waals surface area contributed by atoms with Gasteiger partial charge in [-0.25, -0.2) is 0 Å². The molecule has 0 atom stereocenters. The van der Waals surface area contributed by atoms with E-state index in [-0.39, 0.29) is 5.91 Å². The number of hydrogen-bond donors (Lipinski definition) is 5. The van der Waals surface area contributed by atoms with Gasteiger partial charge in [0, 0.05) is 57.9 Å². The van der Waals surface area contributed by atoms with Gasteiger partial charge in [0.15, 0.2) is 0 Å². The number of nitrogens with two attached hydrogens (primary N) is 1. The van der Waals surface area contributed by atoms with Crippen LogP contribution in [0.1, 0.15) is 10.4 Å². The zero-order chi connectivity index (χ0) is 15.2. The molecule has 0 bridgehead atoms. The highest BCUT2D eigenvalue weighted by atomic mass is 16.1. The monoisotopic (exact) mass is 293 g/mol. The van der Waals surface area contributed by atoms with Crippen LogP contribution in [0.2, 0.25) is 0 Å². The summed E-state index contributed by atoms with van der Waals surface area (Å²) < 4.78 is 0. The molecule has 1 amide bonds. The summed E-state index contributed by atoms with van der Waals surface area (Å²) in [5, 5.41) is 12.7. The zero-order valence-corrected chi connectivity index (χ0v) is 12.5. The van der Waals surface area contributed by atoms with Crippen molar-refractivity contribution in [2.75, 3.05) is 52.4 Å². The quantitative estimate of drug-likeness (QED) is 0.324. The van der Waals surface area contributed by atoms with E-state index >= 15 is 0 Å². The van der Waals surface area contributed by atoms with Crippen molar-refractivity contribution < 1.29 is 4.79 Å². The van der Waals surface area contributed by atoms with Gasteiger partial charge in [0.25, 0.3) is 5.91 Å². The predicted molar refractivity (Wildman–Crippen MR) is 86.4 cm³/mol. The first-order chi connectivity index (χ1) is 10.3. The molecule has 118 valence electrons. The fourth-order valence-corrected chi connectivity index (χ4v) is 1.79. The maximum Gasteiger partial charge on any atom is 0.251 e. The first kappa shape index (κ1) is 17.6. The van der Waals surface area contributed by atoms with Crippen LogP contribution in [0.25, 0.3) is 0 Å². The van der Waals surface area contributed by atoms with E-state index in [9.17, 15) is 4.79 Å². The third-order valence-corrected chi connectivity index (χ3v) is 2.90. The SMILES string of the molecule is NCCNCCNCCNCCNC(=O)c1ccccc1. The molecule has 0 aromatic heterocycles. The van der Waals surface area contributed by atoms with Crippen LogP contribution < -0.4 is 27.0 Å². The summed E-state index contributed by atoms with van der Waals surface area (Å²) in [6, 6.07) is 9.25. The lowest BCUT2D eigenvalue weighted by Gasteiger charge is -2.08. The van der Waals surface area contributed by atoms with Gasteiger partial charge in [0.1, 0.15) is 0 Å². The lowest BCUT2D eigenvalue weighted by Crippen LogP contribution is -2.37. The Kier molecular flexibility index (Phi) is 10.3. The Morgan fingerprint density at radius 1 is 0.810 bits per heavy atom. The second-order valence-corrected chi connectivity index (χ2v) is 4.66. The molecular weight excluding hydrogens is 266 g/mol. The molecule has 1 aromatic carbocycles. The summed E-state index contributed by atoms with van der Waals surface area (Å²) in [6.45, 7) is 6.61. The van der Waals surface area contributed by atoms with E-state index < -0.39 is 0 Å². The Labute approximate surface area is 126 Å². The van der Waals surface area contributed by atoms with E-state index in [1.807, 2.05) is 30.3 Å². The Morgan fingerprint density at radius 3 is 1.90 bits per heavy atom. The molecule has 0 saturated carbocycles. The summed E-state index contributed by atoms with van der Waals surface area (Å²) in [5.74, 6) is -0.0264. The van der Waals surface area contributed by atoms with Crippen LogP contribution in [0.5, 0.6) is 0 Å². The fraction of sp³-hybridized carbons (Fsp3) is 0.533. The molecule has 1 rings (SSSR count). The summed E-state index contributed by atoms with van der Waals surface area (Å²) in [7, 11) is 0. The van der Waals surface area contributed by atoms with Crippen LogP contribution in [-0.4, -0.2) is 58.3 Å². The minimum atomic E-state index is -0.0264. The Bertz CT molecular complexity index is 372. The van der Waals surface area contributed by atoms with E-state index in [1.165, 1.54) is 0 Å². The summed E-state index contributed by atoms with van der Waals surface area (Å²) in [5.41, 5.74) is 6.07.